The van der Waals surface area contributed by atoms with Crippen LogP contribution in [0.5, 0.6) is 0 Å². The van der Waals surface area contributed by atoms with Gasteiger partial charge in [0.2, 0.25) is 0 Å². The van der Waals surface area contributed by atoms with Crippen LogP contribution in [-0.4, -0.2) is 5.71 Å². The van der Waals surface area contributed by atoms with Crippen molar-refractivity contribution < 1.29 is 8.78 Å². The Labute approximate surface area is 151 Å². The summed E-state index contributed by atoms with van der Waals surface area (Å²) >= 11 is 0. The van der Waals surface area contributed by atoms with Crippen LogP contribution in [0.2, 0.25) is 0 Å². The summed E-state index contributed by atoms with van der Waals surface area (Å²) in [5.74, 6) is -1.09. The lowest BCUT2D eigenvalue weighted by molar-refractivity contribution is 0.524. The second kappa shape index (κ2) is 6.71. The first-order chi connectivity index (χ1) is 12.6. The molecule has 1 atom stereocenters. The predicted octanol–water partition coefficient (Wildman–Crippen LogP) is 5.63. The number of anilines is 1. The van der Waals surface area contributed by atoms with Gasteiger partial charge in [0.05, 0.1) is 17.4 Å². The summed E-state index contributed by atoms with van der Waals surface area (Å²) in [6.45, 7) is 2.02. The van der Waals surface area contributed by atoms with E-state index < -0.39 is 17.7 Å². The van der Waals surface area contributed by atoms with E-state index in [4.69, 9.17) is 5.10 Å². The second-order valence-electron chi connectivity index (χ2n) is 6.45. The fourth-order valence-electron chi connectivity index (χ4n) is 3.30. The van der Waals surface area contributed by atoms with Crippen LogP contribution in [0.25, 0.3) is 0 Å². The lowest BCUT2D eigenvalue weighted by Gasteiger charge is -2.24. The van der Waals surface area contributed by atoms with Crippen LogP contribution in [0.15, 0.2) is 77.9 Å². The fourth-order valence-corrected chi connectivity index (χ4v) is 3.30. The summed E-state index contributed by atoms with van der Waals surface area (Å²) in [5, 5.41) is 6.43. The highest BCUT2D eigenvalue weighted by Gasteiger charge is 2.33. The van der Waals surface area contributed by atoms with Gasteiger partial charge in [-0.3, -0.25) is 5.01 Å². The number of nitrogens with zero attached hydrogens (tertiary/aromatic N) is 2. The summed E-state index contributed by atoms with van der Waals surface area (Å²) in [6, 6.07) is 21.0. The molecule has 0 fully saturated rings. The van der Waals surface area contributed by atoms with Gasteiger partial charge >= 0.3 is 0 Å². The predicted molar refractivity (Wildman–Crippen MR) is 100 cm³/mol. The number of hydrogen-bond donors (Lipinski definition) is 0. The Morgan fingerprint density at radius 1 is 0.846 bits per heavy atom. The molecule has 0 bridgehead atoms. The molecule has 0 aliphatic carbocycles. The minimum atomic E-state index is -0.545. The Morgan fingerprint density at radius 2 is 1.50 bits per heavy atom. The molecule has 4 heteroatoms. The molecule has 0 N–H and O–H groups in total. The van der Waals surface area contributed by atoms with Crippen molar-refractivity contribution in [3.05, 3.63) is 101 Å². The monoisotopic (exact) mass is 348 g/mol. The van der Waals surface area contributed by atoms with Crippen LogP contribution in [-0.2, 0) is 0 Å². The molecular formula is C22H18F2N2. The van der Waals surface area contributed by atoms with Crippen molar-refractivity contribution in [3.8, 4) is 0 Å². The number of halogens is 2. The highest BCUT2D eigenvalue weighted by Crippen LogP contribution is 2.38. The Morgan fingerprint density at radius 3 is 2.15 bits per heavy atom. The Hall–Kier alpha value is -3.01. The van der Waals surface area contributed by atoms with E-state index in [0.717, 1.165) is 22.5 Å². The normalized spacial score (nSPS) is 16.7. The van der Waals surface area contributed by atoms with Crippen LogP contribution in [0, 0.1) is 18.6 Å². The Balaban J connectivity index is 1.80. The fraction of sp³-hybridized carbons (Fsp3) is 0.136. The average molecular weight is 348 g/mol. The number of benzene rings is 3. The third-order valence-corrected chi connectivity index (χ3v) is 4.65. The van der Waals surface area contributed by atoms with Gasteiger partial charge in [0, 0.05) is 12.0 Å². The number of para-hydroxylation sites is 1. The number of hydrazone groups is 1. The highest BCUT2D eigenvalue weighted by molar-refractivity contribution is 6.03. The highest BCUT2D eigenvalue weighted by atomic mass is 19.1. The zero-order valence-electron chi connectivity index (χ0n) is 14.4. The first-order valence-corrected chi connectivity index (χ1v) is 8.56. The molecule has 0 saturated carbocycles. The van der Waals surface area contributed by atoms with Crippen molar-refractivity contribution in [2.75, 3.05) is 5.01 Å². The lowest BCUT2D eigenvalue weighted by atomic mass is 9.97. The van der Waals surface area contributed by atoms with Gasteiger partial charge in [-0.1, -0.05) is 54.1 Å². The maximum absolute atomic E-state index is 14.5. The maximum Gasteiger partial charge on any atom is 0.131 e. The summed E-state index contributed by atoms with van der Waals surface area (Å²) < 4.78 is 28.9. The molecule has 0 aromatic heterocycles. The molecule has 0 amide bonds. The van der Waals surface area contributed by atoms with Gasteiger partial charge in [-0.25, -0.2) is 8.78 Å². The molecule has 3 aromatic rings. The standard InChI is InChI=1S/C22H18F2N2/c1-15-10-12-16(13-11-15)20-14-21(22-18(23)8-5-9-19(22)24)26(25-20)17-6-3-2-4-7-17/h2-13,21H,14H2,1H3. The van der Waals surface area contributed by atoms with E-state index in [1.54, 1.807) is 5.01 Å². The minimum absolute atomic E-state index is 0.0576. The first kappa shape index (κ1) is 16.5. The molecule has 1 aliphatic heterocycles. The second-order valence-corrected chi connectivity index (χ2v) is 6.45. The summed E-state index contributed by atoms with van der Waals surface area (Å²) in [4.78, 5) is 0. The summed E-state index contributed by atoms with van der Waals surface area (Å²) in [7, 11) is 0. The molecule has 4 rings (SSSR count). The van der Waals surface area contributed by atoms with Crippen molar-refractivity contribution in [3.63, 3.8) is 0 Å². The third kappa shape index (κ3) is 2.99. The molecule has 2 nitrogen and oxygen atoms in total. The van der Waals surface area contributed by atoms with Gasteiger partial charge in [-0.15, -0.1) is 0 Å². The molecule has 0 radical (unpaired) electrons. The Bertz CT molecular complexity index is 929. The maximum atomic E-state index is 14.5. The van der Waals surface area contributed by atoms with E-state index in [0.29, 0.717) is 6.42 Å². The average Bonchev–Trinajstić information content (AvgIpc) is 3.08. The van der Waals surface area contributed by atoms with Crippen molar-refractivity contribution in [1.29, 1.82) is 0 Å². The first-order valence-electron chi connectivity index (χ1n) is 8.56. The van der Waals surface area contributed by atoms with Crippen molar-refractivity contribution in [1.82, 2.24) is 0 Å². The third-order valence-electron chi connectivity index (χ3n) is 4.65. The van der Waals surface area contributed by atoms with E-state index in [1.165, 1.54) is 18.2 Å². The molecule has 0 saturated heterocycles. The molecule has 1 heterocycles. The van der Waals surface area contributed by atoms with Crippen LogP contribution in [0.4, 0.5) is 14.5 Å². The summed E-state index contributed by atoms with van der Waals surface area (Å²) in [6.07, 6.45) is 0.440. The molecule has 26 heavy (non-hydrogen) atoms. The molecule has 1 aliphatic rings. The molecular weight excluding hydrogens is 330 g/mol. The number of hydrogen-bond acceptors (Lipinski definition) is 2. The van der Waals surface area contributed by atoms with Gasteiger partial charge in [-0.2, -0.15) is 5.10 Å². The number of rotatable bonds is 3. The molecule has 1 unspecified atom stereocenters. The molecule has 0 spiro atoms. The van der Waals surface area contributed by atoms with Gasteiger partial charge in [0.1, 0.15) is 11.6 Å². The Kier molecular flexibility index (Phi) is 4.25. The quantitative estimate of drug-likeness (QED) is 0.599. The topological polar surface area (TPSA) is 15.6 Å². The van der Waals surface area contributed by atoms with Crippen molar-refractivity contribution in [2.45, 2.75) is 19.4 Å². The van der Waals surface area contributed by atoms with Crippen LogP contribution >= 0.6 is 0 Å². The van der Waals surface area contributed by atoms with Crippen molar-refractivity contribution >= 4 is 11.4 Å². The van der Waals surface area contributed by atoms with Gasteiger partial charge < -0.3 is 0 Å². The van der Waals surface area contributed by atoms with Crippen molar-refractivity contribution in [2.24, 2.45) is 5.10 Å². The largest absolute Gasteiger partial charge is 0.257 e. The molecule has 3 aromatic carbocycles. The van der Waals surface area contributed by atoms with E-state index >= 15 is 0 Å². The van der Waals surface area contributed by atoms with Crippen LogP contribution in [0.1, 0.15) is 29.2 Å². The lowest BCUT2D eigenvalue weighted by Crippen LogP contribution is -2.20. The smallest absolute Gasteiger partial charge is 0.131 e. The van der Waals surface area contributed by atoms with Crippen LogP contribution < -0.4 is 5.01 Å². The zero-order chi connectivity index (χ0) is 18.1. The number of aryl methyl sites for hydroxylation is 1. The summed E-state index contributed by atoms with van der Waals surface area (Å²) in [5.41, 5.74) is 3.81. The van der Waals surface area contributed by atoms with E-state index in [-0.39, 0.29) is 5.56 Å². The van der Waals surface area contributed by atoms with Gasteiger partial charge in [0.15, 0.2) is 0 Å². The van der Waals surface area contributed by atoms with Gasteiger partial charge in [0.25, 0.3) is 0 Å². The van der Waals surface area contributed by atoms with Crippen LogP contribution in [0.3, 0.4) is 0 Å². The van der Waals surface area contributed by atoms with E-state index in [2.05, 4.69) is 0 Å². The SMILES string of the molecule is Cc1ccc(C2=NN(c3ccccc3)C(c3c(F)cccc3F)C2)cc1. The minimum Gasteiger partial charge on any atom is -0.257 e. The van der Waals surface area contributed by atoms with E-state index in [1.807, 2.05) is 61.5 Å². The van der Waals surface area contributed by atoms with Gasteiger partial charge in [-0.05, 0) is 36.8 Å². The molecule has 130 valence electrons. The van der Waals surface area contributed by atoms with E-state index in [9.17, 15) is 8.78 Å². The zero-order valence-corrected chi connectivity index (χ0v) is 14.4.